The van der Waals surface area contributed by atoms with Gasteiger partial charge < -0.3 is 9.47 Å². The van der Waals surface area contributed by atoms with E-state index in [1.54, 1.807) is 0 Å². The zero-order valence-corrected chi connectivity index (χ0v) is 10.4. The zero-order valence-electron chi connectivity index (χ0n) is 10.4. The van der Waals surface area contributed by atoms with Crippen LogP contribution in [0.2, 0.25) is 0 Å². The molecule has 18 heavy (non-hydrogen) atoms. The Labute approximate surface area is 107 Å². The largest absolute Gasteiger partial charge is 0.493 e. The van der Waals surface area contributed by atoms with Crippen molar-refractivity contribution in [3.63, 3.8) is 0 Å². The average molecular weight is 246 g/mol. The first-order valence-corrected chi connectivity index (χ1v) is 6.73. The molecule has 3 rings (SSSR count). The summed E-state index contributed by atoms with van der Waals surface area (Å²) in [5, 5.41) is 0. The van der Waals surface area contributed by atoms with Gasteiger partial charge in [-0.15, -0.1) is 0 Å². The number of ether oxygens (including phenoxy) is 2. The summed E-state index contributed by atoms with van der Waals surface area (Å²) in [5.74, 6) is 1.06. The minimum absolute atomic E-state index is 0.0435. The minimum atomic E-state index is -0.199. The molecule has 3 nitrogen and oxygen atoms in total. The van der Waals surface area contributed by atoms with Crippen LogP contribution in [0.1, 0.15) is 37.2 Å². The standard InChI is InChI=1S/C15H18O3/c16-15(14-7-3-4-9-17-14)12-8-10-18-13-6-2-1-5-11(12)13/h1-2,5-6,12,14H,3-4,7-10H2. The summed E-state index contributed by atoms with van der Waals surface area (Å²) in [6.07, 6.45) is 3.62. The third-order valence-electron chi connectivity index (χ3n) is 3.80. The van der Waals surface area contributed by atoms with Gasteiger partial charge in [-0.3, -0.25) is 4.79 Å². The monoisotopic (exact) mass is 246 g/mol. The van der Waals surface area contributed by atoms with Gasteiger partial charge in [0.05, 0.1) is 12.5 Å². The average Bonchev–Trinajstić information content (AvgIpc) is 2.47. The van der Waals surface area contributed by atoms with Crippen LogP contribution in [0.4, 0.5) is 0 Å². The number of rotatable bonds is 2. The quantitative estimate of drug-likeness (QED) is 0.804. The number of ketones is 1. The van der Waals surface area contributed by atoms with Crippen LogP contribution >= 0.6 is 0 Å². The van der Waals surface area contributed by atoms with E-state index in [-0.39, 0.29) is 17.8 Å². The van der Waals surface area contributed by atoms with E-state index >= 15 is 0 Å². The second-order valence-corrected chi connectivity index (χ2v) is 4.99. The first kappa shape index (κ1) is 11.7. The fraction of sp³-hybridized carbons (Fsp3) is 0.533. The number of para-hydroxylation sites is 1. The van der Waals surface area contributed by atoms with Crippen LogP contribution in [0, 0.1) is 0 Å². The number of fused-ring (bicyclic) bond motifs is 1. The van der Waals surface area contributed by atoms with E-state index in [2.05, 4.69) is 0 Å². The SMILES string of the molecule is O=C(C1CCCCO1)C1CCOc2ccccc21. The minimum Gasteiger partial charge on any atom is -0.493 e. The predicted molar refractivity (Wildman–Crippen MR) is 67.9 cm³/mol. The zero-order chi connectivity index (χ0) is 12.4. The molecule has 0 aliphatic carbocycles. The maximum atomic E-state index is 12.5. The van der Waals surface area contributed by atoms with E-state index in [0.29, 0.717) is 6.61 Å². The highest BCUT2D eigenvalue weighted by atomic mass is 16.5. The molecule has 1 fully saturated rings. The maximum Gasteiger partial charge on any atom is 0.169 e. The van der Waals surface area contributed by atoms with Crippen molar-refractivity contribution in [1.82, 2.24) is 0 Å². The number of Topliss-reactive ketones (excluding diaryl/α,β-unsaturated/α-hetero) is 1. The second kappa shape index (κ2) is 5.11. The Morgan fingerprint density at radius 2 is 2.00 bits per heavy atom. The Bertz CT molecular complexity index is 435. The van der Waals surface area contributed by atoms with E-state index in [9.17, 15) is 4.79 Å². The summed E-state index contributed by atoms with van der Waals surface area (Å²) < 4.78 is 11.2. The van der Waals surface area contributed by atoms with E-state index in [4.69, 9.17) is 9.47 Å². The number of carbonyl (C=O) groups is 1. The van der Waals surface area contributed by atoms with E-state index in [0.717, 1.165) is 43.6 Å². The number of benzene rings is 1. The summed E-state index contributed by atoms with van der Waals surface area (Å²) in [7, 11) is 0. The molecule has 0 N–H and O–H groups in total. The highest BCUT2D eigenvalue weighted by Crippen LogP contribution is 2.35. The normalized spacial score (nSPS) is 27.1. The summed E-state index contributed by atoms with van der Waals surface area (Å²) in [4.78, 5) is 12.5. The van der Waals surface area contributed by atoms with Crippen LogP contribution in [0.5, 0.6) is 5.75 Å². The Morgan fingerprint density at radius 3 is 2.83 bits per heavy atom. The van der Waals surface area contributed by atoms with Crippen molar-refractivity contribution in [2.24, 2.45) is 0 Å². The van der Waals surface area contributed by atoms with Gasteiger partial charge in [0.25, 0.3) is 0 Å². The van der Waals surface area contributed by atoms with Crippen molar-refractivity contribution in [1.29, 1.82) is 0 Å². The lowest BCUT2D eigenvalue weighted by molar-refractivity contribution is -0.135. The summed E-state index contributed by atoms with van der Waals surface area (Å²) in [5.41, 5.74) is 1.03. The molecule has 1 aromatic carbocycles. The molecule has 2 atom stereocenters. The first-order valence-electron chi connectivity index (χ1n) is 6.73. The Hall–Kier alpha value is -1.35. The molecular weight excluding hydrogens is 228 g/mol. The molecule has 2 aliphatic rings. The van der Waals surface area contributed by atoms with Crippen LogP contribution in [0.15, 0.2) is 24.3 Å². The number of hydrogen-bond donors (Lipinski definition) is 0. The van der Waals surface area contributed by atoms with Gasteiger partial charge in [0.1, 0.15) is 11.9 Å². The molecular formula is C15H18O3. The van der Waals surface area contributed by atoms with Crippen molar-refractivity contribution in [2.45, 2.75) is 37.7 Å². The van der Waals surface area contributed by atoms with Crippen molar-refractivity contribution in [3.8, 4) is 5.75 Å². The lowest BCUT2D eigenvalue weighted by Gasteiger charge is -2.29. The Kier molecular flexibility index (Phi) is 3.33. The van der Waals surface area contributed by atoms with Crippen LogP contribution < -0.4 is 4.74 Å². The van der Waals surface area contributed by atoms with Crippen LogP contribution in [0.25, 0.3) is 0 Å². The molecule has 0 aromatic heterocycles. The second-order valence-electron chi connectivity index (χ2n) is 4.99. The maximum absolute atomic E-state index is 12.5. The molecule has 0 spiro atoms. The molecule has 0 radical (unpaired) electrons. The van der Waals surface area contributed by atoms with Crippen molar-refractivity contribution < 1.29 is 14.3 Å². The van der Waals surface area contributed by atoms with Gasteiger partial charge in [-0.1, -0.05) is 18.2 Å². The van der Waals surface area contributed by atoms with Gasteiger partial charge in [-0.05, 0) is 31.7 Å². The third-order valence-corrected chi connectivity index (χ3v) is 3.80. The molecule has 0 amide bonds. The van der Waals surface area contributed by atoms with Gasteiger partial charge in [-0.2, -0.15) is 0 Å². The Balaban J connectivity index is 1.82. The topological polar surface area (TPSA) is 35.5 Å². The lowest BCUT2D eigenvalue weighted by atomic mass is 9.85. The van der Waals surface area contributed by atoms with Gasteiger partial charge in [0, 0.05) is 12.2 Å². The van der Waals surface area contributed by atoms with Crippen molar-refractivity contribution in [3.05, 3.63) is 29.8 Å². The fourth-order valence-electron chi connectivity index (χ4n) is 2.83. The molecule has 1 saturated heterocycles. The fourth-order valence-corrected chi connectivity index (χ4v) is 2.83. The Morgan fingerprint density at radius 1 is 1.11 bits per heavy atom. The van der Waals surface area contributed by atoms with E-state index < -0.39 is 0 Å². The third kappa shape index (κ3) is 2.15. The van der Waals surface area contributed by atoms with Gasteiger partial charge in [-0.25, -0.2) is 0 Å². The lowest BCUT2D eigenvalue weighted by Crippen LogP contribution is -2.34. The van der Waals surface area contributed by atoms with Crippen molar-refractivity contribution >= 4 is 5.78 Å². The molecule has 0 bridgehead atoms. The number of carbonyl (C=O) groups excluding carboxylic acids is 1. The van der Waals surface area contributed by atoms with E-state index in [1.165, 1.54) is 0 Å². The molecule has 2 heterocycles. The molecule has 96 valence electrons. The van der Waals surface area contributed by atoms with Gasteiger partial charge in [0.15, 0.2) is 5.78 Å². The number of hydrogen-bond acceptors (Lipinski definition) is 3. The molecule has 3 heteroatoms. The van der Waals surface area contributed by atoms with Gasteiger partial charge >= 0.3 is 0 Å². The highest BCUT2D eigenvalue weighted by Gasteiger charge is 2.33. The molecule has 1 aromatic rings. The summed E-state index contributed by atoms with van der Waals surface area (Å²) in [6, 6.07) is 7.86. The molecule has 2 unspecified atom stereocenters. The first-order chi connectivity index (χ1) is 8.86. The summed E-state index contributed by atoms with van der Waals surface area (Å²) >= 11 is 0. The smallest absolute Gasteiger partial charge is 0.169 e. The summed E-state index contributed by atoms with van der Waals surface area (Å²) in [6.45, 7) is 1.35. The molecule has 2 aliphatic heterocycles. The molecule has 0 saturated carbocycles. The van der Waals surface area contributed by atoms with Gasteiger partial charge in [0.2, 0.25) is 0 Å². The van der Waals surface area contributed by atoms with Crippen LogP contribution in [-0.2, 0) is 9.53 Å². The predicted octanol–water partition coefficient (Wildman–Crippen LogP) is 2.69. The van der Waals surface area contributed by atoms with Crippen LogP contribution in [0.3, 0.4) is 0 Å². The van der Waals surface area contributed by atoms with Crippen LogP contribution in [-0.4, -0.2) is 25.1 Å². The highest BCUT2D eigenvalue weighted by molar-refractivity contribution is 5.90. The van der Waals surface area contributed by atoms with Crippen molar-refractivity contribution in [2.75, 3.05) is 13.2 Å². The van der Waals surface area contributed by atoms with E-state index in [1.807, 2.05) is 24.3 Å².